The topological polar surface area (TPSA) is 88.3 Å². The molecule has 3 aromatic rings. The van der Waals surface area contributed by atoms with Gasteiger partial charge in [-0.3, -0.25) is 9.78 Å². The van der Waals surface area contributed by atoms with E-state index < -0.39 is 0 Å². The van der Waals surface area contributed by atoms with Crippen molar-refractivity contribution >= 4 is 17.4 Å². The maximum absolute atomic E-state index is 12.2. The summed E-state index contributed by atoms with van der Waals surface area (Å²) in [4.78, 5) is 18.4. The summed E-state index contributed by atoms with van der Waals surface area (Å²) >= 11 is 0. The van der Waals surface area contributed by atoms with Gasteiger partial charge >= 0.3 is 0 Å². The first kappa shape index (κ1) is 14.6. The highest BCUT2D eigenvalue weighted by atomic mass is 16.1. The molecule has 0 radical (unpaired) electrons. The van der Waals surface area contributed by atoms with Crippen LogP contribution in [-0.4, -0.2) is 49.8 Å². The predicted molar refractivity (Wildman–Crippen MR) is 87.7 cm³/mol. The van der Waals surface area contributed by atoms with Gasteiger partial charge in [0.05, 0.1) is 5.56 Å². The van der Waals surface area contributed by atoms with Gasteiger partial charge in [-0.05, 0) is 37.1 Å². The number of amides is 1. The number of hydrogen-bond donors (Lipinski definition) is 1. The van der Waals surface area contributed by atoms with Crippen LogP contribution in [-0.2, 0) is 0 Å². The SMILES string of the molecule is O=C(NC1CCN(c2ccc3nncn3n2)CC1)c1cccnc1. The minimum absolute atomic E-state index is 0.0643. The van der Waals surface area contributed by atoms with Crippen LogP contribution in [0, 0.1) is 0 Å². The standard InChI is InChI=1S/C16H17N7O/c24-16(12-2-1-7-17-10-12)19-13-5-8-22(9-6-13)15-4-3-14-20-18-11-23(14)21-15/h1-4,7,10-11,13H,5-6,8-9H2,(H,19,24). The smallest absolute Gasteiger partial charge is 0.253 e. The van der Waals surface area contributed by atoms with E-state index >= 15 is 0 Å². The van der Waals surface area contributed by atoms with Gasteiger partial charge in [0.15, 0.2) is 5.65 Å². The molecule has 1 fully saturated rings. The van der Waals surface area contributed by atoms with Crippen LogP contribution in [0.4, 0.5) is 5.82 Å². The molecule has 0 unspecified atom stereocenters. The minimum atomic E-state index is -0.0643. The zero-order valence-corrected chi connectivity index (χ0v) is 13.0. The lowest BCUT2D eigenvalue weighted by atomic mass is 10.0. The van der Waals surface area contributed by atoms with Crippen LogP contribution in [0.25, 0.3) is 5.65 Å². The van der Waals surface area contributed by atoms with Gasteiger partial charge < -0.3 is 10.2 Å². The third-order valence-corrected chi connectivity index (χ3v) is 4.23. The number of aromatic nitrogens is 5. The van der Waals surface area contributed by atoms with Crippen LogP contribution in [0.15, 0.2) is 43.0 Å². The second kappa shape index (κ2) is 6.23. The summed E-state index contributed by atoms with van der Waals surface area (Å²) in [6, 6.07) is 7.58. The van der Waals surface area contributed by atoms with Crippen molar-refractivity contribution in [3.8, 4) is 0 Å². The Bertz CT molecular complexity index is 840. The van der Waals surface area contributed by atoms with E-state index in [9.17, 15) is 4.79 Å². The van der Waals surface area contributed by atoms with Gasteiger partial charge in [0, 0.05) is 31.5 Å². The number of rotatable bonds is 3. The van der Waals surface area contributed by atoms with Crippen LogP contribution in [0.1, 0.15) is 23.2 Å². The lowest BCUT2D eigenvalue weighted by Gasteiger charge is -2.33. The van der Waals surface area contributed by atoms with E-state index in [1.54, 1.807) is 35.4 Å². The van der Waals surface area contributed by atoms with E-state index in [0.717, 1.165) is 37.4 Å². The fraction of sp³-hybridized carbons (Fsp3) is 0.312. The summed E-state index contributed by atoms with van der Waals surface area (Å²) < 4.78 is 1.67. The molecule has 0 spiro atoms. The predicted octanol–water partition coefficient (Wildman–Crippen LogP) is 0.918. The number of hydrogen-bond acceptors (Lipinski definition) is 6. The number of carbonyl (C=O) groups excluding carboxylic acids is 1. The van der Waals surface area contributed by atoms with Gasteiger partial charge in [0.25, 0.3) is 5.91 Å². The van der Waals surface area contributed by atoms with Gasteiger partial charge in [-0.2, -0.15) is 4.52 Å². The highest BCUT2D eigenvalue weighted by Gasteiger charge is 2.22. The van der Waals surface area contributed by atoms with E-state index in [1.165, 1.54) is 0 Å². The molecule has 1 amide bonds. The van der Waals surface area contributed by atoms with Crippen LogP contribution in [0.5, 0.6) is 0 Å². The van der Waals surface area contributed by atoms with Gasteiger partial charge in [-0.1, -0.05) is 0 Å². The highest BCUT2D eigenvalue weighted by molar-refractivity contribution is 5.94. The number of nitrogens with one attached hydrogen (secondary N) is 1. The second-order valence-electron chi connectivity index (χ2n) is 5.80. The Balaban J connectivity index is 1.37. The van der Waals surface area contributed by atoms with Crippen LogP contribution < -0.4 is 10.2 Å². The maximum atomic E-state index is 12.2. The first-order valence-electron chi connectivity index (χ1n) is 7.92. The number of carbonyl (C=O) groups is 1. The van der Waals surface area contributed by atoms with Gasteiger partial charge in [-0.15, -0.1) is 15.3 Å². The lowest BCUT2D eigenvalue weighted by molar-refractivity contribution is 0.0930. The van der Waals surface area contributed by atoms with Crippen molar-refractivity contribution in [2.75, 3.05) is 18.0 Å². The Morgan fingerprint density at radius 1 is 1.21 bits per heavy atom. The molecule has 0 aliphatic carbocycles. The zero-order valence-electron chi connectivity index (χ0n) is 13.0. The molecule has 24 heavy (non-hydrogen) atoms. The molecule has 0 atom stereocenters. The lowest BCUT2D eigenvalue weighted by Crippen LogP contribution is -2.45. The summed E-state index contributed by atoms with van der Waals surface area (Å²) in [6.07, 6.45) is 6.61. The zero-order chi connectivity index (χ0) is 16.4. The van der Waals surface area contributed by atoms with E-state index in [0.29, 0.717) is 5.56 Å². The van der Waals surface area contributed by atoms with Crippen LogP contribution >= 0.6 is 0 Å². The van der Waals surface area contributed by atoms with Crippen molar-refractivity contribution in [3.05, 3.63) is 48.5 Å². The van der Waals surface area contributed by atoms with Crippen molar-refractivity contribution in [2.24, 2.45) is 0 Å². The molecule has 8 heteroatoms. The first-order chi connectivity index (χ1) is 11.8. The normalized spacial score (nSPS) is 15.6. The van der Waals surface area contributed by atoms with Crippen LogP contribution in [0.2, 0.25) is 0 Å². The molecule has 4 rings (SSSR count). The highest BCUT2D eigenvalue weighted by Crippen LogP contribution is 2.18. The molecular formula is C16H17N7O. The Hall–Kier alpha value is -3.03. The summed E-state index contributed by atoms with van der Waals surface area (Å²) in [5, 5.41) is 15.4. The average Bonchev–Trinajstić information content (AvgIpc) is 3.11. The third kappa shape index (κ3) is 2.90. The number of nitrogens with zero attached hydrogens (tertiary/aromatic N) is 6. The van der Waals surface area contributed by atoms with Gasteiger partial charge in [0.1, 0.15) is 12.1 Å². The Labute approximate surface area is 138 Å². The van der Waals surface area contributed by atoms with E-state index in [1.807, 2.05) is 12.1 Å². The first-order valence-corrected chi connectivity index (χ1v) is 7.92. The fourth-order valence-electron chi connectivity index (χ4n) is 2.91. The summed E-state index contributed by atoms with van der Waals surface area (Å²) in [5.41, 5.74) is 1.33. The molecule has 1 N–H and O–H groups in total. The van der Waals surface area contributed by atoms with E-state index in [2.05, 4.69) is 30.5 Å². The molecule has 1 aliphatic heterocycles. The van der Waals surface area contributed by atoms with Gasteiger partial charge in [-0.25, -0.2) is 0 Å². The quantitative estimate of drug-likeness (QED) is 0.771. The molecule has 8 nitrogen and oxygen atoms in total. The molecule has 3 aromatic heterocycles. The summed E-state index contributed by atoms with van der Waals surface area (Å²) in [5.74, 6) is 0.838. The largest absolute Gasteiger partial charge is 0.355 e. The summed E-state index contributed by atoms with van der Waals surface area (Å²) in [6.45, 7) is 1.69. The minimum Gasteiger partial charge on any atom is -0.355 e. The second-order valence-corrected chi connectivity index (χ2v) is 5.80. The molecule has 0 aromatic carbocycles. The Kier molecular flexibility index (Phi) is 3.78. The number of anilines is 1. The molecule has 1 saturated heterocycles. The van der Waals surface area contributed by atoms with E-state index in [-0.39, 0.29) is 11.9 Å². The molecule has 122 valence electrons. The monoisotopic (exact) mass is 323 g/mol. The molecule has 1 aliphatic rings. The van der Waals surface area contributed by atoms with Crippen molar-refractivity contribution in [1.29, 1.82) is 0 Å². The molecular weight excluding hydrogens is 306 g/mol. The Morgan fingerprint density at radius 3 is 2.88 bits per heavy atom. The fourth-order valence-corrected chi connectivity index (χ4v) is 2.91. The number of piperidine rings is 1. The Morgan fingerprint density at radius 2 is 2.08 bits per heavy atom. The van der Waals surface area contributed by atoms with Crippen LogP contribution in [0.3, 0.4) is 0 Å². The molecule has 4 heterocycles. The number of fused-ring (bicyclic) bond motifs is 1. The third-order valence-electron chi connectivity index (χ3n) is 4.23. The van der Waals surface area contributed by atoms with Gasteiger partial charge in [0.2, 0.25) is 0 Å². The van der Waals surface area contributed by atoms with Crippen molar-refractivity contribution in [2.45, 2.75) is 18.9 Å². The average molecular weight is 323 g/mol. The van der Waals surface area contributed by atoms with Crippen molar-refractivity contribution in [1.82, 2.24) is 30.1 Å². The number of pyridine rings is 1. The maximum Gasteiger partial charge on any atom is 0.253 e. The van der Waals surface area contributed by atoms with E-state index in [4.69, 9.17) is 0 Å². The molecule has 0 bridgehead atoms. The van der Waals surface area contributed by atoms with Crippen molar-refractivity contribution in [3.63, 3.8) is 0 Å². The summed E-state index contributed by atoms with van der Waals surface area (Å²) in [7, 11) is 0. The van der Waals surface area contributed by atoms with Crippen molar-refractivity contribution < 1.29 is 4.79 Å². The molecule has 0 saturated carbocycles.